The van der Waals surface area contributed by atoms with Gasteiger partial charge in [-0.05, 0) is 25.7 Å². The number of aliphatic carboxylic acids is 1. The second-order valence-corrected chi connectivity index (χ2v) is 8.17. The molecule has 0 amide bonds. The summed E-state index contributed by atoms with van der Waals surface area (Å²) in [7, 11) is 0. The molecule has 2 N–H and O–H groups in total. The van der Waals surface area contributed by atoms with Crippen molar-refractivity contribution in [1.29, 1.82) is 0 Å². The Balaban J connectivity index is 1.46. The number of unbranched alkanes of at least 4 members (excludes halogenated alkanes) is 4. The highest BCUT2D eigenvalue weighted by Gasteiger charge is 2.68. The van der Waals surface area contributed by atoms with E-state index >= 15 is 0 Å². The van der Waals surface area contributed by atoms with Gasteiger partial charge in [0.15, 0.2) is 0 Å². The fraction of sp³-hybridized carbons (Fsp3) is 0.773. The standard InChI is InChI=1S/C22H34O5/c1-2-3-4-7-10-15(23)13-14-17-16(11-8-5-6-9-12-18(24)25)19-21-22(27-21)20(17)26-19/h5,8,13-17,19-23H,2-4,6-7,9-12H2,1H3,(H,24,25)/b8-5-,14-13+/t15?,16-,17+,19+,20-,21-,22+/m0/s1. The van der Waals surface area contributed by atoms with E-state index in [4.69, 9.17) is 14.6 Å². The van der Waals surface area contributed by atoms with E-state index in [1.165, 1.54) is 19.3 Å². The van der Waals surface area contributed by atoms with Gasteiger partial charge in [-0.2, -0.15) is 0 Å². The topological polar surface area (TPSA) is 79.3 Å². The molecule has 0 saturated carbocycles. The predicted molar refractivity (Wildman–Crippen MR) is 103 cm³/mol. The van der Waals surface area contributed by atoms with Crippen molar-refractivity contribution < 1.29 is 24.5 Å². The molecule has 3 fully saturated rings. The van der Waals surface area contributed by atoms with Crippen molar-refractivity contribution >= 4 is 5.97 Å². The van der Waals surface area contributed by atoms with Crippen molar-refractivity contribution in [1.82, 2.24) is 0 Å². The molecule has 2 bridgehead atoms. The summed E-state index contributed by atoms with van der Waals surface area (Å²) in [5, 5.41) is 18.9. The number of ether oxygens (including phenoxy) is 2. The summed E-state index contributed by atoms with van der Waals surface area (Å²) < 4.78 is 11.9. The molecule has 0 aromatic rings. The first kappa shape index (κ1) is 20.6. The molecule has 3 heterocycles. The minimum absolute atomic E-state index is 0.133. The zero-order chi connectivity index (χ0) is 19.2. The van der Waals surface area contributed by atoms with Gasteiger partial charge in [0.2, 0.25) is 0 Å². The summed E-state index contributed by atoms with van der Waals surface area (Å²) in [6, 6.07) is 0. The van der Waals surface area contributed by atoms with Crippen LogP contribution in [0, 0.1) is 11.8 Å². The molecule has 5 nitrogen and oxygen atoms in total. The molecule has 1 unspecified atom stereocenters. The second-order valence-electron chi connectivity index (χ2n) is 8.17. The number of epoxide rings is 1. The molecular weight excluding hydrogens is 344 g/mol. The van der Waals surface area contributed by atoms with Crippen LogP contribution in [-0.4, -0.2) is 46.7 Å². The first-order chi connectivity index (χ1) is 13.1. The van der Waals surface area contributed by atoms with Crippen molar-refractivity contribution in [2.24, 2.45) is 11.8 Å². The highest BCUT2D eigenvalue weighted by Crippen LogP contribution is 2.55. The molecule has 3 aliphatic rings. The molecule has 27 heavy (non-hydrogen) atoms. The van der Waals surface area contributed by atoms with Crippen LogP contribution in [0.2, 0.25) is 0 Å². The Labute approximate surface area is 162 Å². The van der Waals surface area contributed by atoms with Crippen LogP contribution in [0.5, 0.6) is 0 Å². The van der Waals surface area contributed by atoms with Gasteiger partial charge in [0.1, 0.15) is 12.2 Å². The van der Waals surface area contributed by atoms with Crippen LogP contribution >= 0.6 is 0 Å². The molecule has 3 aliphatic heterocycles. The molecule has 152 valence electrons. The normalized spacial score (nSPS) is 35.2. The van der Waals surface area contributed by atoms with Gasteiger partial charge in [0.25, 0.3) is 0 Å². The zero-order valence-corrected chi connectivity index (χ0v) is 16.3. The maximum Gasteiger partial charge on any atom is 0.303 e. The zero-order valence-electron chi connectivity index (χ0n) is 16.3. The summed E-state index contributed by atoms with van der Waals surface area (Å²) in [5.74, 6) is -0.0500. The number of carboxylic acid groups (broad SMARTS) is 1. The van der Waals surface area contributed by atoms with Crippen LogP contribution in [0.25, 0.3) is 0 Å². The third-order valence-corrected chi connectivity index (χ3v) is 6.06. The summed E-state index contributed by atoms with van der Waals surface area (Å²) >= 11 is 0. The first-order valence-electron chi connectivity index (χ1n) is 10.7. The Hall–Kier alpha value is -1.17. The quantitative estimate of drug-likeness (QED) is 0.289. The number of hydrogen-bond donors (Lipinski definition) is 2. The number of allylic oxidation sites excluding steroid dienone is 2. The van der Waals surface area contributed by atoms with E-state index in [9.17, 15) is 9.90 Å². The predicted octanol–water partition coefficient (Wildman–Crippen LogP) is 3.86. The number of aliphatic hydroxyl groups is 1. The lowest BCUT2D eigenvalue weighted by Crippen LogP contribution is -2.31. The smallest absolute Gasteiger partial charge is 0.303 e. The Morgan fingerprint density at radius 2 is 1.81 bits per heavy atom. The van der Waals surface area contributed by atoms with Gasteiger partial charge in [-0.15, -0.1) is 0 Å². The van der Waals surface area contributed by atoms with Crippen LogP contribution in [-0.2, 0) is 14.3 Å². The van der Waals surface area contributed by atoms with Crippen LogP contribution < -0.4 is 0 Å². The van der Waals surface area contributed by atoms with Gasteiger partial charge in [-0.1, -0.05) is 56.9 Å². The fourth-order valence-corrected chi connectivity index (χ4v) is 4.54. The van der Waals surface area contributed by atoms with Crippen molar-refractivity contribution in [2.75, 3.05) is 0 Å². The van der Waals surface area contributed by atoms with E-state index in [0.29, 0.717) is 18.3 Å². The highest BCUT2D eigenvalue weighted by molar-refractivity contribution is 5.66. The van der Waals surface area contributed by atoms with E-state index in [0.717, 1.165) is 25.7 Å². The summed E-state index contributed by atoms with van der Waals surface area (Å²) in [6.07, 6.45) is 17.0. The second kappa shape index (κ2) is 9.85. The van der Waals surface area contributed by atoms with Crippen LogP contribution in [0.3, 0.4) is 0 Å². The van der Waals surface area contributed by atoms with Gasteiger partial charge in [0.05, 0.1) is 18.3 Å². The van der Waals surface area contributed by atoms with Gasteiger partial charge in [-0.3, -0.25) is 4.79 Å². The molecule has 7 atom stereocenters. The molecule has 0 radical (unpaired) electrons. The maximum atomic E-state index is 10.6. The molecular formula is C22H34O5. The molecule has 5 heteroatoms. The van der Waals surface area contributed by atoms with Crippen LogP contribution in [0.1, 0.15) is 64.7 Å². The van der Waals surface area contributed by atoms with Gasteiger partial charge < -0.3 is 19.7 Å². The molecule has 0 aromatic heterocycles. The van der Waals surface area contributed by atoms with Crippen LogP contribution in [0.15, 0.2) is 24.3 Å². The molecule has 0 aliphatic carbocycles. The van der Waals surface area contributed by atoms with E-state index < -0.39 is 5.97 Å². The lowest BCUT2D eigenvalue weighted by Gasteiger charge is -2.22. The number of rotatable bonds is 13. The number of carbonyl (C=O) groups is 1. The fourth-order valence-electron chi connectivity index (χ4n) is 4.54. The lowest BCUT2D eigenvalue weighted by atomic mass is 9.77. The number of hydrogen-bond acceptors (Lipinski definition) is 4. The Morgan fingerprint density at radius 1 is 1.04 bits per heavy atom. The minimum atomic E-state index is -0.736. The number of fused-ring (bicyclic) bond motifs is 5. The molecule has 3 saturated heterocycles. The largest absolute Gasteiger partial charge is 0.481 e. The Bertz CT molecular complexity index is 543. The van der Waals surface area contributed by atoms with E-state index in [-0.39, 0.29) is 36.9 Å². The van der Waals surface area contributed by atoms with Crippen molar-refractivity contribution in [3.05, 3.63) is 24.3 Å². The van der Waals surface area contributed by atoms with Gasteiger partial charge in [0, 0.05) is 18.3 Å². The number of carboxylic acids is 1. The summed E-state index contributed by atoms with van der Waals surface area (Å²) in [5.41, 5.74) is 0. The number of aliphatic hydroxyl groups excluding tert-OH is 1. The third-order valence-electron chi connectivity index (χ3n) is 6.06. The highest BCUT2D eigenvalue weighted by atomic mass is 16.7. The monoisotopic (exact) mass is 378 g/mol. The van der Waals surface area contributed by atoms with Crippen LogP contribution in [0.4, 0.5) is 0 Å². The van der Waals surface area contributed by atoms with Crippen molar-refractivity contribution in [2.45, 2.75) is 95.2 Å². The Kier molecular flexibility index (Phi) is 7.50. The molecule has 0 spiro atoms. The molecule has 3 rings (SSSR count). The van der Waals surface area contributed by atoms with Crippen molar-refractivity contribution in [3.63, 3.8) is 0 Å². The Morgan fingerprint density at radius 3 is 2.59 bits per heavy atom. The van der Waals surface area contributed by atoms with E-state index in [1.54, 1.807) is 0 Å². The lowest BCUT2D eigenvalue weighted by molar-refractivity contribution is -0.137. The SMILES string of the molecule is CCCCCCC(O)/C=C/[C@@H]1[C@H](C/C=C\CCCC(=O)O)[C@H]2O[C@@H]1[C@H]1O[C@H]12. The minimum Gasteiger partial charge on any atom is -0.481 e. The van der Waals surface area contributed by atoms with Gasteiger partial charge >= 0.3 is 5.97 Å². The summed E-state index contributed by atoms with van der Waals surface area (Å²) in [6.45, 7) is 2.19. The maximum absolute atomic E-state index is 10.6. The average Bonchev–Trinajstić information content (AvgIpc) is 3.27. The third kappa shape index (κ3) is 5.43. The van der Waals surface area contributed by atoms with E-state index in [2.05, 4.69) is 25.2 Å². The van der Waals surface area contributed by atoms with Crippen molar-refractivity contribution in [3.8, 4) is 0 Å². The van der Waals surface area contributed by atoms with E-state index in [1.807, 2.05) is 6.08 Å². The first-order valence-corrected chi connectivity index (χ1v) is 10.7. The van der Waals surface area contributed by atoms with Gasteiger partial charge in [-0.25, -0.2) is 0 Å². The molecule has 0 aromatic carbocycles. The average molecular weight is 379 g/mol. The summed E-state index contributed by atoms with van der Waals surface area (Å²) in [4.78, 5) is 10.6.